The van der Waals surface area contributed by atoms with Crippen molar-refractivity contribution in [2.45, 2.75) is 0 Å². The standard InChI is InChI=1S/2Ni.O.P.2W. The molecule has 0 aliphatic heterocycles. The quantitative estimate of drug-likeness (QED) is 0.333. The molecule has 0 N–H and O–H groups in total. The van der Waals surface area contributed by atoms with Gasteiger partial charge in [-0.25, -0.2) is 0 Å². The van der Waals surface area contributed by atoms with Gasteiger partial charge in [0.1, 0.15) is 0 Å². The number of hydrogen-bond acceptors (Lipinski definition) is 1. The van der Waals surface area contributed by atoms with E-state index in [1.807, 2.05) is 0 Å². The van der Waals surface area contributed by atoms with E-state index >= 15 is 0 Å². The van der Waals surface area contributed by atoms with Gasteiger partial charge in [0.25, 0.3) is 0 Å². The van der Waals surface area contributed by atoms with Gasteiger partial charge in [0.05, 0.1) is 0 Å². The van der Waals surface area contributed by atoms with Crippen molar-refractivity contribution in [1.82, 2.24) is 0 Å². The number of rotatable bonds is 0. The third kappa shape index (κ3) is 30.7. The molecule has 6 heteroatoms. The van der Waals surface area contributed by atoms with Crippen LogP contribution in [0.5, 0.6) is 0 Å². The molecular formula is Ni2OPW2. The summed E-state index contributed by atoms with van der Waals surface area (Å²) in [6.07, 6.45) is 0. The van der Waals surface area contributed by atoms with E-state index in [2.05, 4.69) is 6.65 Å². The molecule has 0 bridgehead atoms. The first-order chi connectivity index (χ1) is 2.00. The van der Waals surface area contributed by atoms with Gasteiger partial charge in [-0.15, -0.1) is 0 Å². The van der Waals surface area contributed by atoms with Crippen molar-refractivity contribution < 1.29 is 74.7 Å². The first kappa shape index (κ1) is 23.5. The molecule has 0 radical (unpaired) electrons. The summed E-state index contributed by atoms with van der Waals surface area (Å²) >= 11 is 1.61. The molecule has 0 amide bonds. The average molecular weight is 532 g/mol. The zero-order chi connectivity index (χ0) is 4.00. The Kier molecular flexibility index (Phi) is 192. The summed E-state index contributed by atoms with van der Waals surface area (Å²) in [5.74, 6) is 0. The van der Waals surface area contributed by atoms with Gasteiger partial charge >= 0.3 is 48.4 Å². The molecule has 0 spiro atoms. The third-order valence-electron chi connectivity index (χ3n) is 0. The van der Waals surface area contributed by atoms with Gasteiger partial charge in [-0.1, -0.05) is 0 Å². The molecule has 0 heterocycles. The number of hydrogen-bond donors (Lipinski definition) is 0. The zero-order valence-corrected chi connectivity index (χ0v) is 11.0. The van der Waals surface area contributed by atoms with Gasteiger partial charge in [-0.05, 0) is 0 Å². The van der Waals surface area contributed by atoms with Crippen molar-refractivity contribution in [3.8, 4) is 0 Å². The van der Waals surface area contributed by atoms with Crippen molar-refractivity contribution >= 4 is 6.65 Å². The minimum atomic E-state index is 0. The van der Waals surface area contributed by atoms with Crippen LogP contribution in [0.2, 0.25) is 0 Å². The fraction of sp³-hybridized carbons (Fsp3) is 0. The van der Waals surface area contributed by atoms with Gasteiger partial charge < -0.3 is 0 Å². The summed E-state index contributed by atoms with van der Waals surface area (Å²) in [4.78, 5) is 0. The van der Waals surface area contributed by atoms with Crippen molar-refractivity contribution in [1.29, 1.82) is 0 Å². The van der Waals surface area contributed by atoms with E-state index in [0.29, 0.717) is 19.8 Å². The predicted octanol–water partition coefficient (Wildman–Crippen LogP) is 0.732. The third-order valence-corrected chi connectivity index (χ3v) is 0. The first-order valence-electron chi connectivity index (χ1n) is 0.349. The van der Waals surface area contributed by atoms with E-state index in [1.165, 1.54) is 18.6 Å². The summed E-state index contributed by atoms with van der Waals surface area (Å²) in [6.45, 7) is 3.61. The molecule has 1 nitrogen and oxygen atoms in total. The molecule has 0 saturated carbocycles. The van der Waals surface area contributed by atoms with Gasteiger partial charge in [-0.3, -0.25) is 0 Å². The van der Waals surface area contributed by atoms with Crippen molar-refractivity contribution in [2.24, 2.45) is 0 Å². The first-order valence-corrected chi connectivity index (χ1v) is 5.85. The normalized spacial score (nSPS) is 1.00. The molecule has 0 atom stereocenters. The maximum absolute atomic E-state index is 8.33. The van der Waals surface area contributed by atoms with E-state index in [1.54, 1.807) is 0 Å². The molecule has 0 rings (SSSR count). The molecule has 0 unspecified atom stereocenters. The Hall–Kier alpha value is 2.59. The van der Waals surface area contributed by atoms with Crippen molar-refractivity contribution in [3.05, 3.63) is 0 Å². The minimum absolute atomic E-state index is 0. The fourth-order valence-corrected chi connectivity index (χ4v) is 0. The van der Waals surface area contributed by atoms with E-state index < -0.39 is 0 Å². The molecule has 0 fully saturated rings. The SMILES string of the molecule is [Ni].[Ni].[O]=[W].[P]#[W]. The summed E-state index contributed by atoms with van der Waals surface area (Å²) in [7, 11) is 0. The average Bonchev–Trinajstić information content (AvgIpc) is 1.50. The van der Waals surface area contributed by atoms with Gasteiger partial charge in [0.2, 0.25) is 0 Å². The van der Waals surface area contributed by atoms with E-state index in [9.17, 15) is 0 Å². The van der Waals surface area contributed by atoms with Crippen LogP contribution in [0, 0.1) is 0 Å². The Labute approximate surface area is 80.4 Å². The van der Waals surface area contributed by atoms with Crippen molar-refractivity contribution in [3.63, 3.8) is 0 Å². The summed E-state index contributed by atoms with van der Waals surface area (Å²) in [5.41, 5.74) is 0. The second kappa shape index (κ2) is 49.1. The van der Waals surface area contributed by atoms with Crippen LogP contribution < -0.4 is 0 Å². The van der Waals surface area contributed by atoms with Crippen LogP contribution in [-0.4, -0.2) is 0 Å². The maximum atomic E-state index is 8.33. The molecule has 0 aliphatic rings. The molecule has 6 heavy (non-hydrogen) atoms. The van der Waals surface area contributed by atoms with Gasteiger partial charge in [-0.2, -0.15) is 0 Å². The van der Waals surface area contributed by atoms with Crippen LogP contribution in [0.25, 0.3) is 0 Å². The Morgan fingerprint density at radius 2 is 1.00 bits per heavy atom. The van der Waals surface area contributed by atoms with E-state index in [4.69, 9.17) is 3.40 Å². The molecule has 0 aromatic heterocycles. The van der Waals surface area contributed by atoms with E-state index in [-0.39, 0.29) is 33.0 Å². The van der Waals surface area contributed by atoms with Gasteiger partial charge in [0.15, 0.2) is 0 Å². The summed E-state index contributed by atoms with van der Waals surface area (Å²) < 4.78 is 8.33. The monoisotopic (exact) mass is 531 g/mol. The van der Waals surface area contributed by atoms with Crippen LogP contribution >= 0.6 is 6.65 Å². The van der Waals surface area contributed by atoms with Crippen molar-refractivity contribution in [2.75, 3.05) is 0 Å². The van der Waals surface area contributed by atoms with Crippen LogP contribution in [-0.2, 0) is 74.7 Å². The van der Waals surface area contributed by atoms with E-state index in [0.717, 1.165) is 0 Å². The Morgan fingerprint density at radius 1 is 1.00 bits per heavy atom. The molecule has 0 aromatic rings. The molecule has 0 saturated heterocycles. The van der Waals surface area contributed by atoms with Crippen LogP contribution in [0.3, 0.4) is 0 Å². The van der Waals surface area contributed by atoms with Gasteiger partial charge in [0, 0.05) is 33.0 Å². The summed E-state index contributed by atoms with van der Waals surface area (Å²) in [6, 6.07) is 0. The topological polar surface area (TPSA) is 17.1 Å². The zero-order valence-electron chi connectivity index (χ0n) is 2.30. The Bertz CT molecular complexity index is 22.8. The second-order valence-corrected chi connectivity index (χ2v) is 0. The molecule has 43 valence electrons. The predicted molar refractivity (Wildman–Crippen MR) is 7.61 cm³/mol. The molecular weight excluding hydrogens is 532 g/mol. The second-order valence-electron chi connectivity index (χ2n) is 0. The fourth-order valence-electron chi connectivity index (χ4n) is 0. The molecule has 0 aromatic carbocycles. The van der Waals surface area contributed by atoms with Crippen LogP contribution in [0.15, 0.2) is 0 Å². The van der Waals surface area contributed by atoms with Crippen LogP contribution in [0.4, 0.5) is 0 Å². The Balaban J connectivity index is -0.00000000500. The molecule has 0 aliphatic carbocycles. The summed E-state index contributed by atoms with van der Waals surface area (Å²) in [5, 5.41) is 0. The van der Waals surface area contributed by atoms with Crippen LogP contribution in [0.1, 0.15) is 0 Å². The Morgan fingerprint density at radius 3 is 1.00 bits per heavy atom.